The number of thiazole rings is 1. The molecular weight excluding hydrogens is 336 g/mol. The average molecular weight is 346 g/mol. The first-order valence-corrected chi connectivity index (χ1v) is 8.56. The molecule has 0 saturated heterocycles. The van der Waals surface area contributed by atoms with Crippen LogP contribution < -0.4 is 4.73 Å². The van der Waals surface area contributed by atoms with Crippen LogP contribution in [0.25, 0.3) is 21.0 Å². The van der Waals surface area contributed by atoms with E-state index >= 15 is 0 Å². The van der Waals surface area contributed by atoms with Gasteiger partial charge in [0, 0.05) is 17.2 Å². The molecule has 2 heterocycles. The van der Waals surface area contributed by atoms with Gasteiger partial charge in [-0.2, -0.15) is 4.73 Å². The molecule has 0 radical (unpaired) electrons. The lowest BCUT2D eigenvalue weighted by atomic mass is 10.1. The fraction of sp³-hybridized carbons (Fsp3) is 0.133. The molecule has 3 aromatic rings. The molecule has 1 aromatic heterocycles. The fourth-order valence-electron chi connectivity index (χ4n) is 2.54. The minimum absolute atomic E-state index is 0.170. The zero-order valence-electron chi connectivity index (χ0n) is 11.6. The summed E-state index contributed by atoms with van der Waals surface area (Å²) in [5.41, 5.74) is 0.519. The number of aromatic nitrogens is 1. The highest BCUT2D eigenvalue weighted by atomic mass is 32.2. The number of hydrogen-bond acceptors (Lipinski definition) is 6. The van der Waals surface area contributed by atoms with Crippen molar-refractivity contribution < 1.29 is 19.7 Å². The van der Waals surface area contributed by atoms with Gasteiger partial charge in [-0.25, -0.2) is 4.79 Å². The number of hydrogen-bond donors (Lipinski definition) is 2. The summed E-state index contributed by atoms with van der Waals surface area (Å²) >= 11 is 2.58. The molecule has 1 atom stereocenters. The van der Waals surface area contributed by atoms with Gasteiger partial charge >= 0.3 is 11.0 Å². The van der Waals surface area contributed by atoms with Gasteiger partial charge in [0.15, 0.2) is 11.1 Å². The molecule has 4 rings (SSSR count). The number of carboxylic acids is 1. The van der Waals surface area contributed by atoms with Crippen molar-refractivity contribution in [1.29, 1.82) is 0 Å². The Balaban J connectivity index is 1.92. The third kappa shape index (κ3) is 2.22. The van der Waals surface area contributed by atoms with Crippen molar-refractivity contribution in [2.45, 2.75) is 6.04 Å². The quantitative estimate of drug-likeness (QED) is 0.548. The number of aromatic hydroxyl groups is 1. The topological polar surface area (TPSA) is 96.8 Å². The molecule has 2 N–H and O–H groups in total. The van der Waals surface area contributed by atoms with Crippen LogP contribution in [0.1, 0.15) is 5.01 Å². The average Bonchev–Trinajstić information content (AvgIpc) is 3.12. The van der Waals surface area contributed by atoms with E-state index in [4.69, 9.17) is 5.11 Å². The molecule has 0 aliphatic carbocycles. The van der Waals surface area contributed by atoms with E-state index in [1.54, 1.807) is 30.3 Å². The van der Waals surface area contributed by atoms with Crippen LogP contribution in [0, 0.1) is 5.21 Å². The van der Waals surface area contributed by atoms with Gasteiger partial charge in [0.1, 0.15) is 10.4 Å². The zero-order valence-corrected chi connectivity index (χ0v) is 13.2. The Morgan fingerprint density at radius 3 is 2.91 bits per heavy atom. The molecule has 0 amide bonds. The van der Waals surface area contributed by atoms with E-state index in [0.717, 1.165) is 20.2 Å². The van der Waals surface area contributed by atoms with Crippen LogP contribution in [0.5, 0.6) is 5.75 Å². The first kappa shape index (κ1) is 14.3. The molecule has 0 bridgehead atoms. The van der Waals surface area contributed by atoms with Gasteiger partial charge < -0.3 is 15.4 Å². The number of rotatable bonds is 2. The number of thioether (sulfide) groups is 1. The predicted octanol–water partition coefficient (Wildman–Crippen LogP) is 2.34. The van der Waals surface area contributed by atoms with E-state index in [2.05, 4.69) is 4.99 Å². The van der Waals surface area contributed by atoms with Crippen molar-refractivity contribution in [3.05, 3.63) is 40.5 Å². The van der Waals surface area contributed by atoms with E-state index in [1.807, 2.05) is 0 Å². The first-order valence-electron chi connectivity index (χ1n) is 6.76. The predicted molar refractivity (Wildman–Crippen MR) is 90.4 cm³/mol. The maximum atomic E-state index is 12.5. The molecule has 2 aromatic carbocycles. The molecule has 6 nitrogen and oxygen atoms in total. The van der Waals surface area contributed by atoms with Crippen molar-refractivity contribution in [1.82, 2.24) is 0 Å². The minimum Gasteiger partial charge on any atom is -0.617 e. The Morgan fingerprint density at radius 1 is 1.35 bits per heavy atom. The van der Waals surface area contributed by atoms with Crippen molar-refractivity contribution in [2.24, 2.45) is 4.99 Å². The number of benzene rings is 2. The van der Waals surface area contributed by atoms with Gasteiger partial charge in [-0.05, 0) is 29.7 Å². The molecule has 8 heteroatoms. The first-order chi connectivity index (χ1) is 11.0. The van der Waals surface area contributed by atoms with Gasteiger partial charge in [-0.15, -0.1) is 0 Å². The summed E-state index contributed by atoms with van der Waals surface area (Å²) in [5, 5.41) is 33.7. The third-order valence-corrected chi connectivity index (χ3v) is 6.02. The second-order valence-corrected chi connectivity index (χ2v) is 7.13. The highest BCUT2D eigenvalue weighted by Crippen LogP contribution is 2.33. The van der Waals surface area contributed by atoms with E-state index in [0.29, 0.717) is 21.3 Å². The maximum Gasteiger partial charge on any atom is 0.329 e. The van der Waals surface area contributed by atoms with Crippen LogP contribution in [0.3, 0.4) is 0 Å². The summed E-state index contributed by atoms with van der Waals surface area (Å²) < 4.78 is 1.61. The highest BCUT2D eigenvalue weighted by molar-refractivity contribution is 8.15. The van der Waals surface area contributed by atoms with E-state index in [9.17, 15) is 15.1 Å². The Hall–Kier alpha value is -2.32. The number of phenols is 1. The Bertz CT molecular complexity index is 996. The molecular formula is C15H10N2O4S2. The molecule has 0 fully saturated rings. The lowest BCUT2D eigenvalue weighted by Gasteiger charge is -1.99. The van der Waals surface area contributed by atoms with Gasteiger partial charge in [-0.3, -0.25) is 4.99 Å². The zero-order chi connectivity index (χ0) is 16.1. The highest BCUT2D eigenvalue weighted by Gasteiger charge is 2.31. The largest absolute Gasteiger partial charge is 0.617 e. The number of phenolic OH excluding ortho intramolecular Hbond substituents is 1. The lowest BCUT2D eigenvalue weighted by Crippen LogP contribution is -2.30. The normalized spacial score (nSPS) is 17.7. The number of carbonyl (C=O) groups is 1. The fourth-order valence-corrected chi connectivity index (χ4v) is 4.85. The van der Waals surface area contributed by atoms with Gasteiger partial charge in [0.25, 0.3) is 0 Å². The van der Waals surface area contributed by atoms with E-state index < -0.39 is 12.0 Å². The molecule has 116 valence electrons. The maximum absolute atomic E-state index is 12.5. The lowest BCUT2D eigenvalue weighted by molar-refractivity contribution is -0.573. The summed E-state index contributed by atoms with van der Waals surface area (Å²) in [6, 6.07) is 7.69. The Labute approximate surface area is 138 Å². The Morgan fingerprint density at radius 2 is 2.17 bits per heavy atom. The number of fused-ring (bicyclic) bond motifs is 3. The van der Waals surface area contributed by atoms with E-state index in [1.165, 1.54) is 23.1 Å². The van der Waals surface area contributed by atoms with Gasteiger partial charge in [0.05, 0.1) is 0 Å². The van der Waals surface area contributed by atoms with Crippen molar-refractivity contribution in [3.63, 3.8) is 0 Å². The number of nitrogens with zero attached hydrogens (tertiary/aromatic N) is 2. The molecule has 1 aliphatic heterocycles. The number of carboxylic acid groups (broad SMARTS) is 1. The van der Waals surface area contributed by atoms with Crippen LogP contribution in [0.15, 0.2) is 35.3 Å². The van der Waals surface area contributed by atoms with Crippen LogP contribution in [0.4, 0.5) is 0 Å². The monoisotopic (exact) mass is 346 g/mol. The van der Waals surface area contributed by atoms with Crippen molar-refractivity contribution in [2.75, 3.05) is 5.75 Å². The van der Waals surface area contributed by atoms with Crippen LogP contribution in [-0.4, -0.2) is 33.0 Å². The number of aliphatic imine (C=N–C) groups is 1. The van der Waals surface area contributed by atoms with Crippen LogP contribution in [0.2, 0.25) is 0 Å². The molecule has 23 heavy (non-hydrogen) atoms. The third-order valence-electron chi connectivity index (χ3n) is 3.65. The Kier molecular flexibility index (Phi) is 3.17. The molecule has 0 saturated carbocycles. The molecule has 1 aliphatic rings. The summed E-state index contributed by atoms with van der Waals surface area (Å²) in [5.74, 6) is -0.469. The standard InChI is InChI=1S/C15H10N2O4S2/c18-8-2-3-9-7(5-8)1-4-11-12(9)23-14(17(11)21)13-16-10(6-22-13)15(19)20/h1-5,10,18H,6H2,(H,19,20). The summed E-state index contributed by atoms with van der Waals surface area (Å²) in [6.07, 6.45) is 0. The number of aliphatic carboxylic acids is 1. The summed E-state index contributed by atoms with van der Waals surface area (Å²) in [7, 11) is 0. The summed E-state index contributed by atoms with van der Waals surface area (Å²) in [6.45, 7) is 0. The summed E-state index contributed by atoms with van der Waals surface area (Å²) in [4.78, 5) is 15.2. The second kappa shape index (κ2) is 5.10. The molecule has 1 unspecified atom stereocenters. The van der Waals surface area contributed by atoms with Gasteiger partial charge in [0.2, 0.25) is 5.52 Å². The minimum atomic E-state index is -0.980. The smallest absolute Gasteiger partial charge is 0.329 e. The SMILES string of the molecule is O=C(O)C1CSC(c2sc3c4ccc(O)cc4ccc3[n+]2[O-])=N1. The molecule has 0 spiro atoms. The van der Waals surface area contributed by atoms with E-state index in [-0.39, 0.29) is 5.75 Å². The van der Waals surface area contributed by atoms with Crippen molar-refractivity contribution in [3.8, 4) is 5.75 Å². The van der Waals surface area contributed by atoms with Crippen molar-refractivity contribution >= 4 is 55.1 Å². The van der Waals surface area contributed by atoms with Crippen LogP contribution >= 0.6 is 23.1 Å². The van der Waals surface area contributed by atoms with Gasteiger partial charge in [-0.1, -0.05) is 23.1 Å². The van der Waals surface area contributed by atoms with Crippen LogP contribution in [-0.2, 0) is 4.79 Å². The second-order valence-electron chi connectivity index (χ2n) is 5.12.